The number of hydrogen-bond donors (Lipinski definition) is 1. The number of nitrogens with zero attached hydrogens (tertiary/aromatic N) is 1. The van der Waals surface area contributed by atoms with E-state index in [-0.39, 0.29) is 12.1 Å². The standard InChI is InChI=1S/C17H37NO7Si/c1-8-22-26(23-9-2,24-10-3)13-11-12-18(17(19)20)14(4)15(5)25-16(6)21-7/h14-16H,8-13H2,1-7H3,(H,19,20). The van der Waals surface area contributed by atoms with Gasteiger partial charge in [0.2, 0.25) is 0 Å². The van der Waals surface area contributed by atoms with Crippen LogP contribution in [0.1, 0.15) is 48.0 Å². The maximum atomic E-state index is 11.7. The molecule has 8 nitrogen and oxygen atoms in total. The molecule has 0 aromatic rings. The molecule has 9 heteroatoms. The van der Waals surface area contributed by atoms with Crippen molar-refractivity contribution < 1.29 is 32.7 Å². The highest BCUT2D eigenvalue weighted by molar-refractivity contribution is 6.60. The van der Waals surface area contributed by atoms with E-state index in [1.54, 1.807) is 14.0 Å². The van der Waals surface area contributed by atoms with Crippen molar-refractivity contribution in [3.63, 3.8) is 0 Å². The summed E-state index contributed by atoms with van der Waals surface area (Å²) in [6, 6.07) is 0.260. The van der Waals surface area contributed by atoms with E-state index in [2.05, 4.69) is 0 Å². The fourth-order valence-corrected chi connectivity index (χ4v) is 5.26. The molecule has 0 aliphatic carbocycles. The summed E-state index contributed by atoms with van der Waals surface area (Å²) in [5.41, 5.74) is 0. The Morgan fingerprint density at radius 1 is 1.04 bits per heavy atom. The van der Waals surface area contributed by atoms with Gasteiger partial charge >= 0.3 is 14.9 Å². The second-order valence-corrected chi connectivity index (χ2v) is 8.68. The minimum atomic E-state index is -2.76. The van der Waals surface area contributed by atoms with Crippen LogP contribution in [0.25, 0.3) is 0 Å². The van der Waals surface area contributed by atoms with Crippen LogP contribution in [0.4, 0.5) is 4.79 Å². The predicted molar refractivity (Wildman–Crippen MR) is 101 cm³/mol. The first kappa shape index (κ1) is 25.3. The summed E-state index contributed by atoms with van der Waals surface area (Å²) in [7, 11) is -1.21. The first-order valence-corrected chi connectivity index (χ1v) is 11.3. The molecule has 0 fully saturated rings. The van der Waals surface area contributed by atoms with E-state index in [9.17, 15) is 9.90 Å². The first-order chi connectivity index (χ1) is 12.3. The van der Waals surface area contributed by atoms with Crippen LogP contribution in [0, 0.1) is 0 Å². The summed E-state index contributed by atoms with van der Waals surface area (Å²) in [6.07, 6.45) is -1.07. The van der Waals surface area contributed by atoms with E-state index in [0.717, 1.165) is 0 Å². The predicted octanol–water partition coefficient (Wildman–Crippen LogP) is 3.19. The second kappa shape index (κ2) is 13.5. The van der Waals surface area contributed by atoms with Gasteiger partial charge in [-0.1, -0.05) is 0 Å². The number of amides is 1. The fraction of sp³-hybridized carbons (Fsp3) is 0.941. The highest BCUT2D eigenvalue weighted by Crippen LogP contribution is 2.20. The van der Waals surface area contributed by atoms with Gasteiger partial charge in [-0.25, -0.2) is 4.79 Å². The largest absolute Gasteiger partial charge is 0.500 e. The van der Waals surface area contributed by atoms with Crippen molar-refractivity contribution >= 4 is 14.9 Å². The van der Waals surface area contributed by atoms with Gasteiger partial charge in [0.05, 0.1) is 12.1 Å². The van der Waals surface area contributed by atoms with Gasteiger partial charge in [0.25, 0.3) is 0 Å². The molecule has 0 aromatic carbocycles. The van der Waals surface area contributed by atoms with Gasteiger partial charge in [-0.15, -0.1) is 0 Å². The van der Waals surface area contributed by atoms with Gasteiger partial charge in [0.15, 0.2) is 6.29 Å². The van der Waals surface area contributed by atoms with Gasteiger partial charge in [-0.2, -0.15) is 0 Å². The molecule has 0 rings (SSSR count). The van der Waals surface area contributed by atoms with Crippen molar-refractivity contribution in [3.8, 4) is 0 Å². The fourth-order valence-electron chi connectivity index (χ4n) is 2.67. The molecule has 0 saturated carbocycles. The average molecular weight is 396 g/mol. The topological polar surface area (TPSA) is 86.7 Å². The maximum Gasteiger partial charge on any atom is 0.500 e. The van der Waals surface area contributed by atoms with E-state index in [1.807, 2.05) is 34.6 Å². The lowest BCUT2D eigenvalue weighted by Crippen LogP contribution is -2.48. The molecule has 0 aliphatic rings. The number of rotatable bonds is 15. The van der Waals surface area contributed by atoms with Crippen LogP contribution in [0.15, 0.2) is 0 Å². The number of carboxylic acid groups (broad SMARTS) is 1. The van der Waals surface area contributed by atoms with Gasteiger partial charge in [0, 0.05) is 39.5 Å². The van der Waals surface area contributed by atoms with Crippen LogP contribution in [-0.2, 0) is 22.8 Å². The number of carbonyl (C=O) groups is 1. The molecule has 1 amide bonds. The molecule has 156 valence electrons. The summed E-state index contributed by atoms with van der Waals surface area (Å²) in [6.45, 7) is 13.0. The normalized spacial score (nSPS) is 15.5. The zero-order valence-electron chi connectivity index (χ0n) is 17.3. The molecule has 0 radical (unpaired) electrons. The minimum absolute atomic E-state index is 0.297. The summed E-state index contributed by atoms with van der Waals surface area (Å²) < 4.78 is 28.2. The molecule has 3 atom stereocenters. The summed E-state index contributed by atoms with van der Waals surface area (Å²) in [5, 5.41) is 9.58. The van der Waals surface area contributed by atoms with Crippen molar-refractivity contribution in [2.75, 3.05) is 33.5 Å². The Bertz CT molecular complexity index is 369. The third kappa shape index (κ3) is 8.78. The molecule has 3 unspecified atom stereocenters. The Labute approximate surface area is 159 Å². The molecule has 0 spiro atoms. The molecular weight excluding hydrogens is 358 g/mol. The van der Waals surface area contributed by atoms with Crippen LogP contribution in [-0.4, -0.2) is 76.8 Å². The lowest BCUT2D eigenvalue weighted by Gasteiger charge is -2.33. The number of hydrogen-bond acceptors (Lipinski definition) is 6. The third-order valence-electron chi connectivity index (χ3n) is 4.13. The zero-order valence-corrected chi connectivity index (χ0v) is 18.3. The lowest BCUT2D eigenvalue weighted by molar-refractivity contribution is -0.152. The van der Waals surface area contributed by atoms with Crippen LogP contribution < -0.4 is 0 Å². The molecular formula is C17H37NO7Si. The highest BCUT2D eigenvalue weighted by atomic mass is 28.4. The Hall–Kier alpha value is -0.713. The van der Waals surface area contributed by atoms with E-state index in [0.29, 0.717) is 38.8 Å². The first-order valence-electron chi connectivity index (χ1n) is 9.36. The Balaban J connectivity index is 4.86. The molecule has 26 heavy (non-hydrogen) atoms. The minimum Gasteiger partial charge on any atom is -0.465 e. The van der Waals surface area contributed by atoms with Gasteiger partial charge in [-0.3, -0.25) is 0 Å². The van der Waals surface area contributed by atoms with E-state index >= 15 is 0 Å². The average Bonchev–Trinajstić information content (AvgIpc) is 2.58. The molecule has 0 heterocycles. The van der Waals surface area contributed by atoms with Crippen LogP contribution >= 0.6 is 0 Å². The lowest BCUT2D eigenvalue weighted by atomic mass is 10.2. The van der Waals surface area contributed by atoms with Gasteiger partial charge in [0.1, 0.15) is 0 Å². The molecule has 0 saturated heterocycles. The molecule has 0 aliphatic heterocycles. The Kier molecular flexibility index (Phi) is 13.1. The Morgan fingerprint density at radius 2 is 1.54 bits per heavy atom. The van der Waals surface area contributed by atoms with E-state index < -0.39 is 21.2 Å². The van der Waals surface area contributed by atoms with Crippen molar-refractivity contribution in [2.45, 2.75) is 72.4 Å². The van der Waals surface area contributed by atoms with E-state index in [1.165, 1.54) is 4.90 Å². The monoisotopic (exact) mass is 395 g/mol. The van der Waals surface area contributed by atoms with Crippen LogP contribution in [0.3, 0.4) is 0 Å². The second-order valence-electron chi connectivity index (χ2n) is 5.95. The Morgan fingerprint density at radius 3 is 1.92 bits per heavy atom. The third-order valence-corrected chi connectivity index (χ3v) is 7.28. The van der Waals surface area contributed by atoms with Crippen LogP contribution in [0.2, 0.25) is 6.04 Å². The van der Waals surface area contributed by atoms with Crippen molar-refractivity contribution in [2.24, 2.45) is 0 Å². The van der Waals surface area contributed by atoms with Crippen molar-refractivity contribution in [1.82, 2.24) is 4.90 Å². The SMILES string of the molecule is CCO[Si](CCCN(C(=O)O)C(C)C(C)OC(C)OC)(OCC)OCC. The van der Waals surface area contributed by atoms with E-state index in [4.69, 9.17) is 22.8 Å². The van der Waals surface area contributed by atoms with Gasteiger partial charge < -0.3 is 32.8 Å². The maximum absolute atomic E-state index is 11.7. The zero-order chi connectivity index (χ0) is 20.2. The number of methoxy groups -OCH3 is 1. The molecule has 0 aromatic heterocycles. The summed E-state index contributed by atoms with van der Waals surface area (Å²) >= 11 is 0. The summed E-state index contributed by atoms with van der Waals surface area (Å²) in [4.78, 5) is 13.1. The van der Waals surface area contributed by atoms with Crippen molar-refractivity contribution in [3.05, 3.63) is 0 Å². The number of ether oxygens (including phenoxy) is 2. The smallest absolute Gasteiger partial charge is 0.465 e. The molecule has 1 N–H and O–H groups in total. The van der Waals surface area contributed by atoms with Crippen molar-refractivity contribution in [1.29, 1.82) is 0 Å². The summed E-state index contributed by atoms with van der Waals surface area (Å²) in [5.74, 6) is 0. The molecule has 0 bridgehead atoms. The van der Waals surface area contributed by atoms with Gasteiger partial charge in [-0.05, 0) is 48.0 Å². The highest BCUT2D eigenvalue weighted by Gasteiger charge is 2.40. The van der Waals surface area contributed by atoms with Crippen LogP contribution in [0.5, 0.6) is 0 Å². The quantitative estimate of drug-likeness (QED) is 0.336.